The van der Waals surface area contributed by atoms with E-state index in [9.17, 15) is 4.79 Å². The molecule has 0 aromatic heterocycles. The molecule has 1 unspecified atom stereocenters. The maximum atomic E-state index is 11.3. The van der Waals surface area contributed by atoms with Crippen molar-refractivity contribution in [3.8, 4) is 0 Å². The van der Waals surface area contributed by atoms with Crippen molar-refractivity contribution in [3.63, 3.8) is 0 Å². The van der Waals surface area contributed by atoms with Gasteiger partial charge >= 0.3 is 0 Å². The van der Waals surface area contributed by atoms with Gasteiger partial charge in [0.1, 0.15) is 5.78 Å². The van der Waals surface area contributed by atoms with Gasteiger partial charge in [-0.3, -0.25) is 4.79 Å². The summed E-state index contributed by atoms with van der Waals surface area (Å²) in [5.41, 5.74) is 3.80. The van der Waals surface area contributed by atoms with Gasteiger partial charge in [0, 0.05) is 5.92 Å². The molecule has 1 rings (SSSR count). The maximum Gasteiger partial charge on any atom is 0.132 e. The van der Waals surface area contributed by atoms with Crippen LogP contribution < -0.4 is 0 Å². The molecular weight excluding hydrogens is 244 g/mol. The van der Waals surface area contributed by atoms with Gasteiger partial charge in [-0.2, -0.15) is 0 Å². The number of carbonyl (C=O) groups excluding carboxylic acids is 1. The maximum absolute atomic E-state index is 11.3. The lowest BCUT2D eigenvalue weighted by atomic mass is 9.91. The minimum atomic E-state index is 0.103. The van der Waals surface area contributed by atoms with Crippen LogP contribution in [0, 0.1) is 12.8 Å². The topological polar surface area (TPSA) is 17.1 Å². The minimum Gasteiger partial charge on any atom is -0.300 e. The fourth-order valence-electron chi connectivity index (χ4n) is 1.79. The third kappa shape index (κ3) is 7.28. The van der Waals surface area contributed by atoms with Crippen LogP contribution in [0.25, 0.3) is 5.57 Å². The highest BCUT2D eigenvalue weighted by Crippen LogP contribution is 2.25. The molecule has 0 saturated heterocycles. The molecule has 0 N–H and O–H groups in total. The Morgan fingerprint density at radius 2 is 1.65 bits per heavy atom. The van der Waals surface area contributed by atoms with Crippen LogP contribution in [-0.4, -0.2) is 5.78 Å². The van der Waals surface area contributed by atoms with Crippen LogP contribution in [0.15, 0.2) is 30.3 Å². The summed E-state index contributed by atoms with van der Waals surface area (Å²) in [5.74, 6) is 0.360. The van der Waals surface area contributed by atoms with Gasteiger partial charge in [-0.15, -0.1) is 0 Å². The first-order valence-electron chi connectivity index (χ1n) is 7.78. The molecule has 1 heteroatoms. The Balaban J connectivity index is 0. The smallest absolute Gasteiger partial charge is 0.132 e. The van der Waals surface area contributed by atoms with Crippen LogP contribution in [0.4, 0.5) is 0 Å². The number of rotatable bonds is 4. The summed E-state index contributed by atoms with van der Waals surface area (Å²) in [6.45, 7) is 15.8. The molecular formula is C19H32O. The zero-order valence-corrected chi connectivity index (χ0v) is 14.6. The highest BCUT2D eigenvalue weighted by atomic mass is 16.1. The van der Waals surface area contributed by atoms with Crippen LogP contribution in [0.3, 0.4) is 0 Å². The number of ketones is 1. The Morgan fingerprint density at radius 1 is 1.15 bits per heavy atom. The Labute approximate surface area is 126 Å². The molecule has 0 radical (unpaired) electrons. The summed E-state index contributed by atoms with van der Waals surface area (Å²) in [6, 6.07) is 8.32. The molecule has 0 amide bonds. The molecule has 1 nitrogen and oxygen atoms in total. The van der Waals surface area contributed by atoms with E-state index in [0.29, 0.717) is 0 Å². The lowest BCUT2D eigenvalue weighted by molar-refractivity contribution is -0.120. The number of carbonyl (C=O) groups is 1. The van der Waals surface area contributed by atoms with Crippen molar-refractivity contribution >= 4 is 11.4 Å². The second-order valence-corrected chi connectivity index (χ2v) is 4.34. The van der Waals surface area contributed by atoms with E-state index in [1.807, 2.05) is 53.7 Å². The van der Waals surface area contributed by atoms with Crippen molar-refractivity contribution in [1.82, 2.24) is 0 Å². The summed E-state index contributed by atoms with van der Waals surface area (Å²) in [5, 5.41) is 0. The Bertz CT molecular complexity index is 402. The van der Waals surface area contributed by atoms with Gasteiger partial charge in [-0.25, -0.2) is 0 Å². The van der Waals surface area contributed by atoms with Gasteiger partial charge in [0.05, 0.1) is 0 Å². The van der Waals surface area contributed by atoms with Crippen molar-refractivity contribution in [2.75, 3.05) is 0 Å². The lowest BCUT2D eigenvalue weighted by Crippen LogP contribution is -2.07. The molecule has 0 aliphatic carbocycles. The summed E-state index contributed by atoms with van der Waals surface area (Å²) in [6.07, 6.45) is 2.94. The van der Waals surface area contributed by atoms with Crippen LogP contribution in [0.2, 0.25) is 0 Å². The van der Waals surface area contributed by atoms with Crippen LogP contribution in [0.5, 0.6) is 0 Å². The third-order valence-electron chi connectivity index (χ3n) is 3.06. The van der Waals surface area contributed by atoms with E-state index >= 15 is 0 Å². The fourth-order valence-corrected chi connectivity index (χ4v) is 1.79. The quantitative estimate of drug-likeness (QED) is 0.652. The summed E-state index contributed by atoms with van der Waals surface area (Å²) >= 11 is 0. The average molecular weight is 276 g/mol. The van der Waals surface area contributed by atoms with Crippen molar-refractivity contribution in [2.24, 2.45) is 5.92 Å². The first-order chi connectivity index (χ1) is 9.56. The Kier molecular flexibility index (Phi) is 13.2. The molecule has 0 aliphatic rings. The molecule has 1 atom stereocenters. The standard InChI is InChI=1S/C15H20O.2C2H6/c1-5-14(10-12(3)13(4)16)15-9-7-6-8-11(15)2;2*1-2/h5-9,12H,10H2,1-4H3;2*1-2H3/b14-5-;;. The van der Waals surface area contributed by atoms with E-state index in [1.165, 1.54) is 16.7 Å². The monoisotopic (exact) mass is 276 g/mol. The minimum absolute atomic E-state index is 0.103. The Hall–Kier alpha value is -1.37. The predicted octanol–water partition coefficient (Wildman–Crippen LogP) is 6.07. The van der Waals surface area contributed by atoms with Gasteiger partial charge < -0.3 is 0 Å². The molecule has 0 saturated carbocycles. The molecule has 0 bridgehead atoms. The molecule has 0 aliphatic heterocycles. The highest BCUT2D eigenvalue weighted by Gasteiger charge is 2.12. The third-order valence-corrected chi connectivity index (χ3v) is 3.06. The van der Waals surface area contributed by atoms with Gasteiger partial charge in [-0.05, 0) is 43.9 Å². The van der Waals surface area contributed by atoms with E-state index < -0.39 is 0 Å². The largest absolute Gasteiger partial charge is 0.300 e. The molecule has 1 aromatic carbocycles. The van der Waals surface area contributed by atoms with Gasteiger partial charge in [0.2, 0.25) is 0 Å². The number of allylic oxidation sites excluding steroid dienone is 2. The second kappa shape index (κ2) is 12.7. The van der Waals surface area contributed by atoms with Crippen LogP contribution in [0.1, 0.15) is 66.0 Å². The zero-order chi connectivity index (χ0) is 16.1. The number of hydrogen-bond donors (Lipinski definition) is 0. The fraction of sp³-hybridized carbons (Fsp3) is 0.526. The molecule has 114 valence electrons. The predicted molar refractivity (Wildman–Crippen MR) is 92.0 cm³/mol. The van der Waals surface area contributed by atoms with Crippen molar-refractivity contribution in [3.05, 3.63) is 41.5 Å². The van der Waals surface area contributed by atoms with Crippen LogP contribution >= 0.6 is 0 Å². The second-order valence-electron chi connectivity index (χ2n) is 4.34. The summed E-state index contributed by atoms with van der Waals surface area (Å²) < 4.78 is 0. The Morgan fingerprint density at radius 3 is 2.05 bits per heavy atom. The zero-order valence-electron chi connectivity index (χ0n) is 14.6. The normalized spacial score (nSPS) is 11.5. The highest BCUT2D eigenvalue weighted by molar-refractivity contribution is 5.81. The van der Waals surface area contributed by atoms with Gasteiger partial charge in [-0.1, -0.05) is 65.0 Å². The molecule has 0 spiro atoms. The van der Waals surface area contributed by atoms with Gasteiger partial charge in [0.15, 0.2) is 0 Å². The van der Waals surface area contributed by atoms with Crippen molar-refractivity contribution < 1.29 is 4.79 Å². The SMILES string of the molecule is C/C=C(/CC(C)C(C)=O)c1ccccc1C.CC.CC. The van der Waals surface area contributed by atoms with E-state index in [4.69, 9.17) is 0 Å². The first kappa shape index (κ1) is 20.9. The van der Waals surface area contributed by atoms with E-state index in [-0.39, 0.29) is 11.7 Å². The summed E-state index contributed by atoms with van der Waals surface area (Å²) in [4.78, 5) is 11.3. The van der Waals surface area contributed by atoms with Gasteiger partial charge in [0.25, 0.3) is 0 Å². The molecule has 0 heterocycles. The molecule has 20 heavy (non-hydrogen) atoms. The average Bonchev–Trinajstić information content (AvgIpc) is 2.49. The van der Waals surface area contributed by atoms with Crippen molar-refractivity contribution in [2.45, 2.75) is 61.8 Å². The van der Waals surface area contributed by atoms with Crippen LogP contribution in [-0.2, 0) is 4.79 Å². The first-order valence-corrected chi connectivity index (χ1v) is 7.78. The summed E-state index contributed by atoms with van der Waals surface area (Å²) in [7, 11) is 0. The van der Waals surface area contributed by atoms with E-state index in [1.54, 1.807) is 6.92 Å². The van der Waals surface area contributed by atoms with E-state index in [0.717, 1.165) is 6.42 Å². The number of benzene rings is 1. The molecule has 0 fully saturated rings. The number of hydrogen-bond acceptors (Lipinski definition) is 1. The number of aryl methyl sites for hydroxylation is 1. The lowest BCUT2D eigenvalue weighted by Gasteiger charge is -2.13. The molecule has 1 aromatic rings. The van der Waals surface area contributed by atoms with Crippen molar-refractivity contribution in [1.29, 1.82) is 0 Å². The van der Waals surface area contributed by atoms with E-state index in [2.05, 4.69) is 25.1 Å². The number of Topliss-reactive ketones (excluding diaryl/α,β-unsaturated/α-hetero) is 1.